The molecule has 1 heterocycles. The largest absolute Gasteiger partial charge is 0.444 e. The Morgan fingerprint density at radius 3 is 2.70 bits per heavy atom. The van der Waals surface area contributed by atoms with Crippen LogP contribution in [-0.4, -0.2) is 47.5 Å². The lowest BCUT2D eigenvalue weighted by molar-refractivity contribution is 0.0105. The number of hydrogen-bond donors (Lipinski definition) is 1. The first-order valence-electron chi connectivity index (χ1n) is 8.17. The van der Waals surface area contributed by atoms with Gasteiger partial charge in [-0.1, -0.05) is 30.3 Å². The molecule has 1 aromatic carbocycles. The Kier molecular flexibility index (Phi) is 6.02. The molecule has 1 aliphatic heterocycles. The van der Waals surface area contributed by atoms with Crippen molar-refractivity contribution in [1.82, 2.24) is 4.90 Å². The third-order valence-electron chi connectivity index (χ3n) is 3.82. The molecule has 0 aromatic heterocycles. The van der Waals surface area contributed by atoms with E-state index in [1.54, 1.807) is 4.90 Å². The molecule has 1 N–H and O–H groups in total. The number of benzene rings is 1. The zero-order valence-electron chi connectivity index (χ0n) is 14.2. The lowest BCUT2D eigenvalue weighted by Crippen LogP contribution is -2.44. The summed E-state index contributed by atoms with van der Waals surface area (Å²) in [5, 5.41) is 10.5. The van der Waals surface area contributed by atoms with Gasteiger partial charge < -0.3 is 19.5 Å². The second-order valence-corrected chi connectivity index (χ2v) is 6.89. The molecule has 1 saturated heterocycles. The number of aliphatic hydroxyl groups excluding tert-OH is 1. The topological polar surface area (TPSA) is 59.0 Å². The highest BCUT2D eigenvalue weighted by Crippen LogP contribution is 2.25. The molecule has 0 saturated carbocycles. The van der Waals surface area contributed by atoms with Crippen LogP contribution in [0.4, 0.5) is 4.79 Å². The number of carbonyl (C=O) groups is 1. The molecule has 0 bridgehead atoms. The number of hydrogen-bond acceptors (Lipinski definition) is 4. The number of amides is 1. The molecule has 5 heteroatoms. The van der Waals surface area contributed by atoms with Gasteiger partial charge in [0.1, 0.15) is 5.60 Å². The molecule has 5 nitrogen and oxygen atoms in total. The number of carbonyl (C=O) groups excluding carboxylic acids is 1. The van der Waals surface area contributed by atoms with Crippen molar-refractivity contribution in [1.29, 1.82) is 0 Å². The van der Waals surface area contributed by atoms with Gasteiger partial charge in [0, 0.05) is 19.2 Å². The fourth-order valence-corrected chi connectivity index (χ4v) is 2.70. The van der Waals surface area contributed by atoms with E-state index < -0.39 is 11.7 Å². The third kappa shape index (κ3) is 5.52. The summed E-state index contributed by atoms with van der Waals surface area (Å²) >= 11 is 0. The van der Waals surface area contributed by atoms with Crippen molar-refractivity contribution in [3.63, 3.8) is 0 Å². The molecule has 1 aromatic rings. The van der Waals surface area contributed by atoms with Gasteiger partial charge in [0.05, 0.1) is 12.7 Å². The summed E-state index contributed by atoms with van der Waals surface area (Å²) < 4.78 is 11.0. The molecule has 23 heavy (non-hydrogen) atoms. The van der Waals surface area contributed by atoms with Crippen LogP contribution in [-0.2, 0) is 9.47 Å². The SMILES string of the molecule is CC(C)(C)OC(=O)N1CCOCCC1CC(O)c1ccccc1. The molecule has 0 radical (unpaired) electrons. The molecule has 128 valence electrons. The van der Waals surface area contributed by atoms with E-state index in [-0.39, 0.29) is 12.1 Å². The predicted molar refractivity (Wildman–Crippen MR) is 88.2 cm³/mol. The minimum Gasteiger partial charge on any atom is -0.444 e. The molecule has 0 aliphatic carbocycles. The Hall–Kier alpha value is -1.59. The highest BCUT2D eigenvalue weighted by molar-refractivity contribution is 5.68. The molecular formula is C18H27NO4. The zero-order valence-corrected chi connectivity index (χ0v) is 14.2. The first-order valence-corrected chi connectivity index (χ1v) is 8.17. The Morgan fingerprint density at radius 2 is 2.04 bits per heavy atom. The van der Waals surface area contributed by atoms with Crippen molar-refractivity contribution in [2.24, 2.45) is 0 Å². The van der Waals surface area contributed by atoms with Crippen molar-refractivity contribution in [2.45, 2.75) is 51.4 Å². The van der Waals surface area contributed by atoms with Crippen LogP contribution in [0.5, 0.6) is 0 Å². The van der Waals surface area contributed by atoms with E-state index in [2.05, 4.69) is 0 Å². The highest BCUT2D eigenvalue weighted by atomic mass is 16.6. The Bertz CT molecular complexity index is 497. The molecule has 2 unspecified atom stereocenters. The normalized spacial score (nSPS) is 20.7. The van der Waals surface area contributed by atoms with E-state index in [4.69, 9.17) is 9.47 Å². The van der Waals surface area contributed by atoms with E-state index in [1.165, 1.54) is 0 Å². The van der Waals surface area contributed by atoms with E-state index in [9.17, 15) is 9.90 Å². The summed E-state index contributed by atoms with van der Waals surface area (Å²) in [5.41, 5.74) is 0.328. The first kappa shape index (κ1) is 17.8. The smallest absolute Gasteiger partial charge is 0.410 e. The van der Waals surface area contributed by atoms with Crippen LogP contribution in [0.2, 0.25) is 0 Å². The summed E-state index contributed by atoms with van der Waals surface area (Å²) in [6.07, 6.45) is 0.230. The summed E-state index contributed by atoms with van der Waals surface area (Å²) in [4.78, 5) is 14.2. The van der Waals surface area contributed by atoms with Crippen molar-refractivity contribution in [3.05, 3.63) is 35.9 Å². The third-order valence-corrected chi connectivity index (χ3v) is 3.82. The van der Waals surface area contributed by atoms with Crippen molar-refractivity contribution in [2.75, 3.05) is 19.8 Å². The first-order chi connectivity index (χ1) is 10.9. The number of nitrogens with zero attached hydrogens (tertiary/aromatic N) is 1. The van der Waals surface area contributed by atoms with Crippen LogP contribution < -0.4 is 0 Å². The monoisotopic (exact) mass is 321 g/mol. The minimum absolute atomic E-state index is 0.0949. The second-order valence-electron chi connectivity index (χ2n) is 6.89. The van der Waals surface area contributed by atoms with Gasteiger partial charge in [-0.2, -0.15) is 0 Å². The standard InChI is InChI=1S/C18H27NO4/c1-18(2,3)23-17(21)19-10-12-22-11-9-15(19)13-16(20)14-7-5-4-6-8-14/h4-8,15-16,20H,9-13H2,1-3H3. The Labute approximate surface area is 138 Å². The lowest BCUT2D eigenvalue weighted by atomic mass is 9.99. The summed E-state index contributed by atoms with van der Waals surface area (Å²) in [6, 6.07) is 9.43. The van der Waals surface area contributed by atoms with E-state index in [0.29, 0.717) is 32.6 Å². The van der Waals surface area contributed by atoms with Gasteiger partial charge in [-0.15, -0.1) is 0 Å². The second kappa shape index (κ2) is 7.79. The highest BCUT2D eigenvalue weighted by Gasteiger charge is 2.31. The van der Waals surface area contributed by atoms with Crippen molar-refractivity contribution in [3.8, 4) is 0 Å². The molecular weight excluding hydrogens is 294 g/mol. The van der Waals surface area contributed by atoms with E-state index >= 15 is 0 Å². The molecule has 2 atom stereocenters. The quantitative estimate of drug-likeness (QED) is 0.929. The number of ether oxygens (including phenoxy) is 2. The van der Waals surface area contributed by atoms with Crippen LogP contribution >= 0.6 is 0 Å². The van der Waals surface area contributed by atoms with Crippen LogP contribution in [0.3, 0.4) is 0 Å². The molecule has 1 fully saturated rings. The fourth-order valence-electron chi connectivity index (χ4n) is 2.70. The van der Waals surface area contributed by atoms with Gasteiger partial charge >= 0.3 is 6.09 Å². The van der Waals surface area contributed by atoms with Crippen molar-refractivity contribution >= 4 is 6.09 Å². The minimum atomic E-state index is -0.607. The van der Waals surface area contributed by atoms with E-state index in [0.717, 1.165) is 5.56 Å². The van der Waals surface area contributed by atoms with E-state index in [1.807, 2.05) is 51.1 Å². The van der Waals surface area contributed by atoms with Gasteiger partial charge in [0.25, 0.3) is 0 Å². The van der Waals surface area contributed by atoms with Gasteiger partial charge in [-0.3, -0.25) is 0 Å². The van der Waals surface area contributed by atoms with Crippen LogP contribution in [0.15, 0.2) is 30.3 Å². The number of aliphatic hydroxyl groups is 1. The lowest BCUT2D eigenvalue weighted by Gasteiger charge is -2.32. The summed E-state index contributed by atoms with van der Waals surface area (Å²) in [7, 11) is 0. The maximum atomic E-state index is 12.5. The molecule has 0 spiro atoms. The van der Waals surface area contributed by atoms with Gasteiger partial charge in [0.2, 0.25) is 0 Å². The summed E-state index contributed by atoms with van der Waals surface area (Å²) in [6.45, 7) is 7.14. The Morgan fingerprint density at radius 1 is 1.35 bits per heavy atom. The van der Waals surface area contributed by atoms with Crippen molar-refractivity contribution < 1.29 is 19.4 Å². The zero-order chi connectivity index (χ0) is 16.9. The Balaban J connectivity index is 2.07. The van der Waals surface area contributed by atoms with Gasteiger partial charge in [-0.05, 0) is 39.2 Å². The van der Waals surface area contributed by atoms with Crippen LogP contribution in [0.1, 0.15) is 45.3 Å². The average molecular weight is 321 g/mol. The van der Waals surface area contributed by atoms with Crippen LogP contribution in [0.25, 0.3) is 0 Å². The number of rotatable bonds is 3. The maximum Gasteiger partial charge on any atom is 0.410 e. The predicted octanol–water partition coefficient (Wildman–Crippen LogP) is 3.14. The molecule has 2 rings (SSSR count). The molecule has 1 aliphatic rings. The van der Waals surface area contributed by atoms with Crippen LogP contribution in [0, 0.1) is 0 Å². The maximum absolute atomic E-state index is 12.5. The average Bonchev–Trinajstić information content (AvgIpc) is 2.72. The molecule has 1 amide bonds. The summed E-state index contributed by atoms with van der Waals surface area (Å²) in [5.74, 6) is 0. The van der Waals surface area contributed by atoms with Gasteiger partial charge in [-0.25, -0.2) is 4.79 Å². The fraction of sp³-hybridized carbons (Fsp3) is 0.611. The van der Waals surface area contributed by atoms with Gasteiger partial charge in [0.15, 0.2) is 0 Å².